The fourth-order valence-corrected chi connectivity index (χ4v) is 1.68. The Morgan fingerprint density at radius 3 is 2.72 bits per heavy atom. The van der Waals surface area contributed by atoms with Gasteiger partial charge in [0.1, 0.15) is 11.9 Å². The van der Waals surface area contributed by atoms with Crippen LogP contribution in [0.1, 0.15) is 6.92 Å². The van der Waals surface area contributed by atoms with Gasteiger partial charge in [-0.1, -0.05) is 11.6 Å². The maximum atomic E-state index is 13.4. The van der Waals surface area contributed by atoms with Crippen molar-refractivity contribution in [3.63, 3.8) is 0 Å². The lowest BCUT2D eigenvalue weighted by Gasteiger charge is -2.15. The zero-order valence-electron chi connectivity index (χ0n) is 9.54. The van der Waals surface area contributed by atoms with Crippen molar-refractivity contribution in [2.75, 3.05) is 11.1 Å². The number of hydrogen-bond acceptors (Lipinski definition) is 3. The van der Waals surface area contributed by atoms with Crippen LogP contribution in [0.4, 0.5) is 10.1 Å². The summed E-state index contributed by atoms with van der Waals surface area (Å²) in [6.07, 6.45) is 0. The number of carbonyl (C=O) groups excluding carboxylic acids is 2. The summed E-state index contributed by atoms with van der Waals surface area (Å²) in [5.41, 5.74) is -0.0374. The molecule has 2 N–H and O–H groups in total. The van der Waals surface area contributed by atoms with Gasteiger partial charge in [-0.2, -0.15) is 12.6 Å². The monoisotopic (exact) mass is 290 g/mol. The molecule has 0 aliphatic carbocycles. The average Bonchev–Trinajstić information content (AvgIpc) is 2.30. The molecule has 0 aliphatic heterocycles. The van der Waals surface area contributed by atoms with Gasteiger partial charge in [0.2, 0.25) is 11.8 Å². The standard InChI is InChI=1S/C11H12ClFN2O2S/c1-6(16)14-10(5-18)11(17)15-9-4-7(12)2-3-8(9)13/h2-4,10,18H,5H2,1H3,(H,14,16)(H,15,17). The van der Waals surface area contributed by atoms with E-state index in [0.717, 1.165) is 6.07 Å². The van der Waals surface area contributed by atoms with E-state index in [4.69, 9.17) is 11.6 Å². The maximum absolute atomic E-state index is 13.4. The van der Waals surface area contributed by atoms with Crippen LogP contribution in [0.2, 0.25) is 5.02 Å². The summed E-state index contributed by atoms with van der Waals surface area (Å²) in [4.78, 5) is 22.6. The van der Waals surface area contributed by atoms with E-state index < -0.39 is 17.8 Å². The van der Waals surface area contributed by atoms with Crippen LogP contribution in [0.5, 0.6) is 0 Å². The first kappa shape index (κ1) is 14.8. The van der Waals surface area contributed by atoms with E-state index in [1.807, 2.05) is 0 Å². The van der Waals surface area contributed by atoms with Crippen LogP contribution in [0.25, 0.3) is 0 Å². The number of thiol groups is 1. The van der Waals surface area contributed by atoms with Crippen molar-refractivity contribution in [1.82, 2.24) is 5.32 Å². The summed E-state index contributed by atoms with van der Waals surface area (Å²) in [5, 5.41) is 5.05. The van der Waals surface area contributed by atoms with E-state index in [-0.39, 0.29) is 17.3 Å². The Labute approximate surface area is 114 Å². The molecule has 0 fully saturated rings. The lowest BCUT2D eigenvalue weighted by molar-refractivity contribution is -0.124. The third-order valence-corrected chi connectivity index (χ3v) is 2.66. The summed E-state index contributed by atoms with van der Waals surface area (Å²) >= 11 is 9.64. The third-order valence-electron chi connectivity index (χ3n) is 2.06. The SMILES string of the molecule is CC(=O)NC(CS)C(=O)Nc1cc(Cl)ccc1F. The van der Waals surface area contributed by atoms with Crippen LogP contribution in [0.3, 0.4) is 0 Å². The summed E-state index contributed by atoms with van der Waals surface area (Å²) in [5.74, 6) is -1.42. The van der Waals surface area contributed by atoms with Crippen molar-refractivity contribution >= 4 is 41.7 Å². The van der Waals surface area contributed by atoms with Gasteiger partial charge in [0.05, 0.1) is 5.69 Å². The molecule has 1 aromatic rings. The molecule has 1 aromatic carbocycles. The lowest BCUT2D eigenvalue weighted by Crippen LogP contribution is -2.44. The molecule has 0 bridgehead atoms. The smallest absolute Gasteiger partial charge is 0.247 e. The highest BCUT2D eigenvalue weighted by Gasteiger charge is 2.19. The van der Waals surface area contributed by atoms with Gasteiger partial charge in [-0.05, 0) is 18.2 Å². The van der Waals surface area contributed by atoms with Crippen LogP contribution in [-0.4, -0.2) is 23.6 Å². The van der Waals surface area contributed by atoms with Gasteiger partial charge in [0.25, 0.3) is 0 Å². The Morgan fingerprint density at radius 2 is 2.17 bits per heavy atom. The van der Waals surface area contributed by atoms with Crippen molar-refractivity contribution in [1.29, 1.82) is 0 Å². The second kappa shape index (κ2) is 6.61. The van der Waals surface area contributed by atoms with Crippen LogP contribution in [0, 0.1) is 5.82 Å². The molecule has 0 spiro atoms. The van der Waals surface area contributed by atoms with Gasteiger partial charge in [-0.25, -0.2) is 4.39 Å². The number of hydrogen-bond donors (Lipinski definition) is 3. The molecule has 2 amide bonds. The number of amides is 2. The van der Waals surface area contributed by atoms with E-state index in [1.54, 1.807) is 0 Å². The quantitative estimate of drug-likeness (QED) is 0.741. The number of nitrogens with one attached hydrogen (secondary N) is 2. The Bertz CT molecular complexity index is 470. The van der Waals surface area contributed by atoms with Crippen molar-refractivity contribution in [3.8, 4) is 0 Å². The van der Waals surface area contributed by atoms with Gasteiger partial charge < -0.3 is 10.6 Å². The molecular weight excluding hydrogens is 279 g/mol. The molecule has 0 aliphatic rings. The van der Waals surface area contributed by atoms with Gasteiger partial charge in [-0.3, -0.25) is 9.59 Å². The summed E-state index contributed by atoms with van der Waals surface area (Å²) in [6.45, 7) is 1.28. The molecule has 0 saturated heterocycles. The molecule has 7 heteroatoms. The number of carbonyl (C=O) groups is 2. The lowest BCUT2D eigenvalue weighted by atomic mass is 10.2. The second-order valence-corrected chi connectivity index (χ2v) is 4.35. The first-order valence-corrected chi connectivity index (χ1v) is 6.09. The minimum absolute atomic E-state index is 0.0374. The largest absolute Gasteiger partial charge is 0.344 e. The number of benzene rings is 1. The maximum Gasteiger partial charge on any atom is 0.247 e. The molecule has 1 atom stereocenters. The van der Waals surface area contributed by atoms with Crippen molar-refractivity contribution in [2.45, 2.75) is 13.0 Å². The van der Waals surface area contributed by atoms with Crippen molar-refractivity contribution in [3.05, 3.63) is 29.0 Å². The molecule has 1 rings (SSSR count). The van der Waals surface area contributed by atoms with E-state index in [1.165, 1.54) is 19.1 Å². The highest BCUT2D eigenvalue weighted by Crippen LogP contribution is 2.19. The Balaban J connectivity index is 2.79. The van der Waals surface area contributed by atoms with Gasteiger partial charge in [0, 0.05) is 17.7 Å². The van der Waals surface area contributed by atoms with E-state index in [0.29, 0.717) is 5.02 Å². The average molecular weight is 291 g/mol. The molecule has 1 unspecified atom stereocenters. The number of rotatable bonds is 4. The van der Waals surface area contributed by atoms with Crippen LogP contribution in [0.15, 0.2) is 18.2 Å². The minimum Gasteiger partial charge on any atom is -0.344 e. The van der Waals surface area contributed by atoms with Crippen LogP contribution >= 0.6 is 24.2 Å². The highest BCUT2D eigenvalue weighted by molar-refractivity contribution is 7.80. The predicted octanol–water partition coefficient (Wildman–Crippen LogP) is 1.85. The molecular formula is C11H12ClFN2O2S. The molecule has 0 heterocycles. The zero-order valence-corrected chi connectivity index (χ0v) is 11.2. The molecule has 18 heavy (non-hydrogen) atoms. The Kier molecular flexibility index (Phi) is 5.43. The van der Waals surface area contributed by atoms with Crippen LogP contribution < -0.4 is 10.6 Å². The second-order valence-electron chi connectivity index (χ2n) is 3.55. The summed E-state index contributed by atoms with van der Waals surface area (Å²) in [7, 11) is 0. The molecule has 98 valence electrons. The normalized spacial score (nSPS) is 11.8. The fraction of sp³-hybridized carbons (Fsp3) is 0.273. The van der Waals surface area contributed by atoms with E-state index in [2.05, 4.69) is 23.3 Å². The molecule has 0 radical (unpaired) electrons. The van der Waals surface area contributed by atoms with Crippen LogP contribution in [-0.2, 0) is 9.59 Å². The summed E-state index contributed by atoms with van der Waals surface area (Å²) in [6, 6.07) is 2.98. The molecule has 0 aromatic heterocycles. The first-order valence-electron chi connectivity index (χ1n) is 5.08. The van der Waals surface area contributed by atoms with Gasteiger partial charge >= 0.3 is 0 Å². The van der Waals surface area contributed by atoms with E-state index >= 15 is 0 Å². The van der Waals surface area contributed by atoms with E-state index in [9.17, 15) is 14.0 Å². The van der Waals surface area contributed by atoms with Gasteiger partial charge in [-0.15, -0.1) is 0 Å². The Morgan fingerprint density at radius 1 is 1.50 bits per heavy atom. The number of halogens is 2. The van der Waals surface area contributed by atoms with Crippen molar-refractivity contribution < 1.29 is 14.0 Å². The minimum atomic E-state index is -0.829. The summed E-state index contributed by atoms with van der Waals surface area (Å²) < 4.78 is 13.4. The Hall–Kier alpha value is -1.27. The van der Waals surface area contributed by atoms with Crippen molar-refractivity contribution in [2.24, 2.45) is 0 Å². The molecule has 0 saturated carbocycles. The fourth-order valence-electron chi connectivity index (χ4n) is 1.25. The third kappa shape index (κ3) is 4.19. The zero-order chi connectivity index (χ0) is 13.7. The van der Waals surface area contributed by atoms with Gasteiger partial charge in [0.15, 0.2) is 0 Å². The molecule has 4 nitrogen and oxygen atoms in total. The predicted molar refractivity (Wildman–Crippen MR) is 71.5 cm³/mol. The topological polar surface area (TPSA) is 58.2 Å². The first-order chi connectivity index (χ1) is 8.43. The number of anilines is 1. The highest BCUT2D eigenvalue weighted by atomic mass is 35.5.